The number of nitrogens with zero attached hydrogens (tertiary/aromatic N) is 3. The number of carbonyl (C=O) groups excluding carboxylic acids is 1. The Morgan fingerprint density at radius 2 is 2.18 bits per heavy atom. The molecule has 1 aromatic carbocycles. The predicted molar refractivity (Wildman–Crippen MR) is 69.8 cm³/mol. The summed E-state index contributed by atoms with van der Waals surface area (Å²) in [5, 5.41) is 13.4. The number of carbonyl (C=O) groups is 1. The van der Waals surface area contributed by atoms with Gasteiger partial charge in [-0.3, -0.25) is 4.79 Å². The first-order valence-electron chi connectivity index (χ1n) is 6.70. The average molecular weight is 309 g/mol. The van der Waals surface area contributed by atoms with Gasteiger partial charge in [-0.05, 0) is 24.1 Å². The lowest BCUT2D eigenvalue weighted by atomic mass is 10.0. The molecule has 0 aliphatic carbocycles. The molecule has 116 valence electrons. The normalized spacial score (nSPS) is 21.4. The van der Waals surface area contributed by atoms with E-state index in [1.165, 1.54) is 11.0 Å². The van der Waals surface area contributed by atoms with Crippen LogP contribution in [0.1, 0.15) is 34.5 Å². The molecule has 2 heterocycles. The van der Waals surface area contributed by atoms with E-state index in [1.807, 2.05) is 0 Å². The summed E-state index contributed by atoms with van der Waals surface area (Å²) in [6.07, 6.45) is -0.525. The van der Waals surface area contributed by atoms with Crippen molar-refractivity contribution in [1.29, 1.82) is 0 Å². The van der Waals surface area contributed by atoms with E-state index in [0.717, 1.165) is 12.1 Å². The van der Waals surface area contributed by atoms with E-state index < -0.39 is 29.7 Å². The van der Waals surface area contributed by atoms with Gasteiger partial charge in [-0.2, -0.15) is 4.98 Å². The van der Waals surface area contributed by atoms with Crippen molar-refractivity contribution >= 4 is 5.91 Å². The monoisotopic (exact) mass is 309 g/mol. The minimum Gasteiger partial charge on any atom is -0.391 e. The van der Waals surface area contributed by atoms with Crippen molar-refractivity contribution in [3.63, 3.8) is 0 Å². The maximum Gasteiger partial charge on any atom is 0.295 e. The first kappa shape index (κ1) is 14.6. The van der Waals surface area contributed by atoms with E-state index in [1.54, 1.807) is 6.92 Å². The molecule has 1 aliphatic heterocycles. The summed E-state index contributed by atoms with van der Waals surface area (Å²) in [7, 11) is 0. The zero-order valence-corrected chi connectivity index (χ0v) is 11.7. The molecule has 0 bridgehead atoms. The highest BCUT2D eigenvalue weighted by atomic mass is 19.2. The number of aliphatic hydroxyl groups excluding tert-OH is 1. The molecule has 0 radical (unpaired) electrons. The summed E-state index contributed by atoms with van der Waals surface area (Å²) in [5.41, 5.74) is 0.406. The second-order valence-corrected chi connectivity index (χ2v) is 5.17. The van der Waals surface area contributed by atoms with Crippen LogP contribution in [0.2, 0.25) is 0 Å². The van der Waals surface area contributed by atoms with E-state index in [4.69, 9.17) is 4.52 Å². The van der Waals surface area contributed by atoms with E-state index in [-0.39, 0.29) is 24.7 Å². The zero-order chi connectivity index (χ0) is 15.9. The molecule has 1 saturated heterocycles. The number of hydrogen-bond donors (Lipinski definition) is 1. The molecule has 22 heavy (non-hydrogen) atoms. The summed E-state index contributed by atoms with van der Waals surface area (Å²) in [6, 6.07) is 2.84. The van der Waals surface area contributed by atoms with Crippen LogP contribution in [0.5, 0.6) is 0 Å². The van der Waals surface area contributed by atoms with E-state index in [9.17, 15) is 18.7 Å². The van der Waals surface area contributed by atoms with Gasteiger partial charge in [0, 0.05) is 13.5 Å². The molecule has 1 fully saturated rings. The van der Waals surface area contributed by atoms with Gasteiger partial charge in [-0.1, -0.05) is 11.2 Å². The number of aryl methyl sites for hydroxylation is 1. The van der Waals surface area contributed by atoms with E-state index >= 15 is 0 Å². The third kappa shape index (κ3) is 2.57. The summed E-state index contributed by atoms with van der Waals surface area (Å²) < 4.78 is 31.2. The molecule has 2 aromatic rings. The van der Waals surface area contributed by atoms with Gasteiger partial charge in [0.25, 0.3) is 11.7 Å². The maximum atomic E-state index is 13.4. The van der Waals surface area contributed by atoms with Gasteiger partial charge in [0.15, 0.2) is 11.6 Å². The lowest BCUT2D eigenvalue weighted by Gasteiger charge is -2.23. The van der Waals surface area contributed by atoms with Crippen molar-refractivity contribution in [1.82, 2.24) is 15.0 Å². The van der Waals surface area contributed by atoms with Crippen LogP contribution in [0.25, 0.3) is 0 Å². The summed E-state index contributed by atoms with van der Waals surface area (Å²) >= 11 is 0. The number of rotatable bonds is 2. The topological polar surface area (TPSA) is 79.5 Å². The molecule has 6 nitrogen and oxygen atoms in total. The first-order valence-corrected chi connectivity index (χ1v) is 6.70. The second-order valence-electron chi connectivity index (χ2n) is 5.17. The van der Waals surface area contributed by atoms with Gasteiger partial charge < -0.3 is 14.5 Å². The standard InChI is InChI=1S/C14H13F2N3O3/c1-7-17-13(18-22-7)14(21)19-6-9(20)5-12(19)8-2-3-10(15)11(16)4-8/h2-4,9,12,20H,5-6H2,1H3/t9-,12+/m0/s1. The fraction of sp³-hybridized carbons (Fsp3) is 0.357. The van der Waals surface area contributed by atoms with Crippen LogP contribution < -0.4 is 0 Å². The smallest absolute Gasteiger partial charge is 0.295 e. The van der Waals surface area contributed by atoms with Crippen molar-refractivity contribution in [2.45, 2.75) is 25.5 Å². The van der Waals surface area contributed by atoms with Crippen LogP contribution in [0.15, 0.2) is 22.7 Å². The van der Waals surface area contributed by atoms with Crippen molar-refractivity contribution in [2.24, 2.45) is 0 Å². The van der Waals surface area contributed by atoms with Gasteiger partial charge in [-0.15, -0.1) is 0 Å². The highest BCUT2D eigenvalue weighted by Gasteiger charge is 2.37. The summed E-state index contributed by atoms with van der Waals surface area (Å²) in [6.45, 7) is 1.62. The van der Waals surface area contributed by atoms with Crippen LogP contribution in [-0.4, -0.2) is 38.7 Å². The SMILES string of the molecule is Cc1nc(C(=O)N2C[C@@H](O)C[C@@H]2c2ccc(F)c(F)c2)no1. The van der Waals surface area contributed by atoms with Crippen molar-refractivity contribution in [3.05, 3.63) is 47.1 Å². The Balaban J connectivity index is 1.91. The highest BCUT2D eigenvalue weighted by molar-refractivity contribution is 5.90. The van der Waals surface area contributed by atoms with Gasteiger partial charge in [0.1, 0.15) is 0 Å². The van der Waals surface area contributed by atoms with Crippen LogP contribution in [0.4, 0.5) is 8.78 Å². The Morgan fingerprint density at radius 3 is 2.82 bits per heavy atom. The lowest BCUT2D eigenvalue weighted by Crippen LogP contribution is -2.32. The number of benzene rings is 1. The van der Waals surface area contributed by atoms with Gasteiger partial charge in [0.2, 0.25) is 5.89 Å². The van der Waals surface area contributed by atoms with Gasteiger partial charge in [-0.25, -0.2) is 8.78 Å². The van der Waals surface area contributed by atoms with Crippen molar-refractivity contribution < 1.29 is 23.2 Å². The minimum absolute atomic E-state index is 0.0656. The third-order valence-corrected chi connectivity index (χ3v) is 3.59. The van der Waals surface area contributed by atoms with E-state index in [2.05, 4.69) is 10.1 Å². The molecule has 0 spiro atoms. The second kappa shape index (κ2) is 5.45. The summed E-state index contributed by atoms with van der Waals surface area (Å²) in [5.74, 6) is -2.37. The molecule has 2 atom stereocenters. The van der Waals surface area contributed by atoms with Crippen LogP contribution in [-0.2, 0) is 0 Å². The van der Waals surface area contributed by atoms with Gasteiger partial charge >= 0.3 is 0 Å². The molecule has 8 heteroatoms. The Kier molecular flexibility index (Phi) is 3.61. The Hall–Kier alpha value is -2.35. The highest BCUT2D eigenvalue weighted by Crippen LogP contribution is 2.33. The lowest BCUT2D eigenvalue weighted by molar-refractivity contribution is 0.0700. The van der Waals surface area contributed by atoms with E-state index in [0.29, 0.717) is 5.56 Å². The number of aromatic nitrogens is 2. The van der Waals surface area contributed by atoms with Gasteiger partial charge in [0.05, 0.1) is 12.1 Å². The molecule has 1 aromatic heterocycles. The molecule has 1 amide bonds. The number of aliphatic hydroxyl groups is 1. The number of likely N-dealkylation sites (tertiary alicyclic amines) is 1. The van der Waals surface area contributed by atoms with Crippen molar-refractivity contribution in [3.8, 4) is 0 Å². The zero-order valence-electron chi connectivity index (χ0n) is 11.7. The summed E-state index contributed by atoms with van der Waals surface area (Å²) in [4.78, 5) is 17.6. The Labute approximate surface area is 124 Å². The molecular formula is C14H13F2N3O3. The number of amides is 1. The van der Waals surface area contributed by atoms with Crippen LogP contribution in [0.3, 0.4) is 0 Å². The molecule has 1 aliphatic rings. The fourth-order valence-electron chi connectivity index (χ4n) is 2.59. The maximum absolute atomic E-state index is 13.4. The predicted octanol–water partition coefficient (Wildman–Crippen LogP) is 1.60. The Morgan fingerprint density at radius 1 is 1.41 bits per heavy atom. The molecular weight excluding hydrogens is 296 g/mol. The third-order valence-electron chi connectivity index (χ3n) is 3.59. The molecule has 0 unspecified atom stereocenters. The van der Waals surface area contributed by atoms with Crippen LogP contribution >= 0.6 is 0 Å². The van der Waals surface area contributed by atoms with Crippen LogP contribution in [0, 0.1) is 18.6 Å². The number of β-amino-alcohol motifs (C(OH)–C–C–N with tert-alkyl or cyclic N) is 1. The fourth-order valence-corrected chi connectivity index (χ4v) is 2.59. The average Bonchev–Trinajstić information content (AvgIpc) is 3.07. The number of hydrogen-bond acceptors (Lipinski definition) is 5. The quantitative estimate of drug-likeness (QED) is 0.911. The largest absolute Gasteiger partial charge is 0.391 e. The molecule has 1 N–H and O–H groups in total. The Bertz CT molecular complexity index is 719. The first-order chi connectivity index (χ1) is 10.5. The van der Waals surface area contributed by atoms with Crippen molar-refractivity contribution in [2.75, 3.05) is 6.54 Å². The molecule has 3 rings (SSSR count). The number of halogens is 2. The minimum atomic E-state index is -0.998. The molecule has 0 saturated carbocycles.